The van der Waals surface area contributed by atoms with E-state index in [0.29, 0.717) is 0 Å². The van der Waals surface area contributed by atoms with Crippen molar-refractivity contribution in [3.8, 4) is 27.9 Å². The Kier molecular flexibility index (Phi) is 5.07. The first-order chi connectivity index (χ1) is 17.0. The lowest BCUT2D eigenvalue weighted by Crippen LogP contribution is -2.10. The molecule has 0 saturated heterocycles. The van der Waals surface area contributed by atoms with E-state index in [4.69, 9.17) is 0 Å². The number of benzene rings is 5. The molecule has 0 fully saturated rings. The van der Waals surface area contributed by atoms with Gasteiger partial charge < -0.3 is 4.57 Å². The fourth-order valence-electron chi connectivity index (χ4n) is 5.09. The molecule has 35 heavy (non-hydrogen) atoms. The topological polar surface area (TPSA) is 4.93 Å². The number of fused-ring (bicyclic) bond motifs is 3. The van der Waals surface area contributed by atoms with E-state index >= 15 is 0 Å². The normalized spacial score (nSPS) is 11.9. The summed E-state index contributed by atoms with van der Waals surface area (Å²) in [5, 5.41) is 2.58. The SMILES string of the molecule is CC(C)(C)c1ccc2c(c1)c1cc(-c3ccccc3)cc(-c3ccccc3)c1n2-c1ccccc1. The molecular formula is C34H29N. The van der Waals surface area contributed by atoms with Crippen LogP contribution in [0.1, 0.15) is 26.3 Å². The fourth-order valence-corrected chi connectivity index (χ4v) is 5.09. The first-order valence-corrected chi connectivity index (χ1v) is 12.3. The minimum Gasteiger partial charge on any atom is -0.309 e. The molecule has 0 atom stereocenters. The van der Waals surface area contributed by atoms with E-state index in [-0.39, 0.29) is 5.41 Å². The van der Waals surface area contributed by atoms with Crippen molar-refractivity contribution in [1.29, 1.82) is 0 Å². The van der Waals surface area contributed by atoms with Gasteiger partial charge in [0.15, 0.2) is 0 Å². The highest BCUT2D eigenvalue weighted by Crippen LogP contribution is 2.42. The van der Waals surface area contributed by atoms with Gasteiger partial charge in [-0.15, -0.1) is 0 Å². The zero-order chi connectivity index (χ0) is 24.0. The van der Waals surface area contributed by atoms with Crippen LogP contribution in [0.4, 0.5) is 0 Å². The van der Waals surface area contributed by atoms with Crippen molar-refractivity contribution >= 4 is 21.8 Å². The summed E-state index contributed by atoms with van der Waals surface area (Å²) in [6.07, 6.45) is 0. The summed E-state index contributed by atoms with van der Waals surface area (Å²) in [6.45, 7) is 6.86. The van der Waals surface area contributed by atoms with Crippen molar-refractivity contribution in [2.75, 3.05) is 0 Å². The Balaban J connectivity index is 1.81. The Morgan fingerprint density at radius 2 is 1.11 bits per heavy atom. The van der Waals surface area contributed by atoms with Crippen molar-refractivity contribution in [2.45, 2.75) is 26.2 Å². The monoisotopic (exact) mass is 451 g/mol. The molecule has 0 bridgehead atoms. The van der Waals surface area contributed by atoms with Crippen molar-refractivity contribution in [1.82, 2.24) is 4.57 Å². The highest BCUT2D eigenvalue weighted by Gasteiger charge is 2.21. The second-order valence-corrected chi connectivity index (χ2v) is 10.3. The highest BCUT2D eigenvalue weighted by atomic mass is 15.0. The van der Waals surface area contributed by atoms with E-state index in [1.807, 2.05) is 0 Å². The molecule has 6 rings (SSSR count). The fraction of sp³-hybridized carbons (Fsp3) is 0.118. The quantitative estimate of drug-likeness (QED) is 0.252. The van der Waals surface area contributed by atoms with Gasteiger partial charge in [-0.25, -0.2) is 0 Å². The van der Waals surface area contributed by atoms with Crippen molar-refractivity contribution < 1.29 is 0 Å². The number of hydrogen-bond acceptors (Lipinski definition) is 0. The maximum Gasteiger partial charge on any atom is 0.0619 e. The average molecular weight is 452 g/mol. The first-order valence-electron chi connectivity index (χ1n) is 12.3. The number of rotatable bonds is 3. The van der Waals surface area contributed by atoms with Gasteiger partial charge in [-0.05, 0) is 64.1 Å². The van der Waals surface area contributed by atoms with Crippen LogP contribution in [0.15, 0.2) is 121 Å². The van der Waals surface area contributed by atoms with Gasteiger partial charge in [-0.1, -0.05) is 106 Å². The summed E-state index contributed by atoms with van der Waals surface area (Å²) < 4.78 is 2.44. The molecule has 1 heteroatoms. The molecule has 1 heterocycles. The molecule has 0 aliphatic heterocycles. The third kappa shape index (κ3) is 3.74. The number of nitrogens with zero attached hydrogens (tertiary/aromatic N) is 1. The van der Waals surface area contributed by atoms with Crippen LogP contribution >= 0.6 is 0 Å². The summed E-state index contributed by atoms with van der Waals surface area (Å²) >= 11 is 0. The summed E-state index contributed by atoms with van der Waals surface area (Å²) in [5.41, 5.74) is 10.1. The first kappa shape index (κ1) is 21.4. The Hall–Kier alpha value is -4.10. The summed E-state index contributed by atoms with van der Waals surface area (Å²) in [4.78, 5) is 0. The van der Waals surface area contributed by atoms with Gasteiger partial charge in [0, 0.05) is 22.0 Å². The average Bonchev–Trinajstić information content (AvgIpc) is 3.23. The van der Waals surface area contributed by atoms with Gasteiger partial charge in [0.05, 0.1) is 11.0 Å². The van der Waals surface area contributed by atoms with Gasteiger partial charge in [0.1, 0.15) is 0 Å². The third-order valence-corrected chi connectivity index (χ3v) is 6.93. The number of aromatic nitrogens is 1. The van der Waals surface area contributed by atoms with Crippen molar-refractivity contribution in [2.24, 2.45) is 0 Å². The third-order valence-electron chi connectivity index (χ3n) is 6.93. The van der Waals surface area contributed by atoms with Gasteiger partial charge in [-0.3, -0.25) is 0 Å². The van der Waals surface area contributed by atoms with Crippen LogP contribution in [0.2, 0.25) is 0 Å². The molecule has 170 valence electrons. The molecule has 0 amide bonds. The molecule has 0 saturated carbocycles. The summed E-state index contributed by atoms with van der Waals surface area (Å²) in [6, 6.07) is 44.0. The molecular weight excluding hydrogens is 422 g/mol. The smallest absolute Gasteiger partial charge is 0.0619 e. The minimum absolute atomic E-state index is 0.0780. The van der Waals surface area contributed by atoms with Crippen LogP contribution < -0.4 is 0 Å². The predicted octanol–water partition coefficient (Wildman–Crippen LogP) is 9.42. The van der Waals surface area contributed by atoms with Gasteiger partial charge in [0.2, 0.25) is 0 Å². The molecule has 1 nitrogen and oxygen atoms in total. The number of para-hydroxylation sites is 1. The molecule has 0 radical (unpaired) electrons. The lowest BCUT2D eigenvalue weighted by atomic mass is 9.86. The van der Waals surface area contributed by atoms with Crippen molar-refractivity contribution in [3.63, 3.8) is 0 Å². The van der Waals surface area contributed by atoms with E-state index in [1.54, 1.807) is 0 Å². The second-order valence-electron chi connectivity index (χ2n) is 10.3. The second kappa shape index (κ2) is 8.29. The zero-order valence-corrected chi connectivity index (χ0v) is 20.5. The van der Waals surface area contributed by atoms with Crippen LogP contribution in [0.25, 0.3) is 49.7 Å². The summed E-state index contributed by atoms with van der Waals surface area (Å²) in [7, 11) is 0. The van der Waals surface area contributed by atoms with Gasteiger partial charge >= 0.3 is 0 Å². The molecule has 5 aromatic carbocycles. The lowest BCUT2D eigenvalue weighted by Gasteiger charge is -2.19. The van der Waals surface area contributed by atoms with Gasteiger partial charge in [0.25, 0.3) is 0 Å². The van der Waals surface area contributed by atoms with E-state index in [1.165, 1.54) is 55.3 Å². The predicted molar refractivity (Wildman–Crippen MR) is 150 cm³/mol. The molecule has 6 aromatic rings. The Morgan fingerprint density at radius 1 is 0.514 bits per heavy atom. The highest BCUT2D eigenvalue weighted by molar-refractivity contribution is 6.15. The molecule has 0 aliphatic rings. The summed E-state index contributed by atoms with van der Waals surface area (Å²) in [5.74, 6) is 0. The van der Waals surface area contributed by atoms with Crippen LogP contribution in [-0.4, -0.2) is 4.57 Å². The van der Waals surface area contributed by atoms with E-state index in [2.05, 4.69) is 147 Å². The molecule has 1 aromatic heterocycles. The lowest BCUT2D eigenvalue weighted by molar-refractivity contribution is 0.591. The van der Waals surface area contributed by atoms with Crippen LogP contribution in [0, 0.1) is 0 Å². The molecule has 0 spiro atoms. The Morgan fingerprint density at radius 3 is 1.74 bits per heavy atom. The van der Waals surface area contributed by atoms with Crippen molar-refractivity contribution in [3.05, 3.63) is 127 Å². The van der Waals surface area contributed by atoms with Gasteiger partial charge in [-0.2, -0.15) is 0 Å². The standard InChI is InChI=1S/C34H29N/c1-34(2,3)27-19-20-32-30(23-27)31-22-26(24-13-7-4-8-14-24)21-29(25-15-9-5-10-16-25)33(31)35(32)28-17-11-6-12-18-28/h4-23H,1-3H3. The molecule has 0 aliphatic carbocycles. The maximum atomic E-state index is 2.44. The Bertz CT molecular complexity index is 1630. The van der Waals surface area contributed by atoms with E-state index in [9.17, 15) is 0 Å². The van der Waals surface area contributed by atoms with Crippen LogP contribution in [-0.2, 0) is 5.41 Å². The molecule has 0 unspecified atom stereocenters. The maximum absolute atomic E-state index is 2.44. The minimum atomic E-state index is 0.0780. The van der Waals surface area contributed by atoms with E-state index < -0.39 is 0 Å². The number of hydrogen-bond donors (Lipinski definition) is 0. The van der Waals surface area contributed by atoms with Crippen LogP contribution in [0.3, 0.4) is 0 Å². The Labute approximate surface area is 207 Å². The zero-order valence-electron chi connectivity index (χ0n) is 20.5. The van der Waals surface area contributed by atoms with E-state index in [0.717, 1.165) is 0 Å². The van der Waals surface area contributed by atoms with Crippen LogP contribution in [0.5, 0.6) is 0 Å². The molecule has 0 N–H and O–H groups in total. The largest absolute Gasteiger partial charge is 0.309 e.